The molecular formula is C7H6N4O. The van der Waals surface area contributed by atoms with E-state index in [0.717, 1.165) is 11.1 Å². The third-order valence-corrected chi connectivity index (χ3v) is 1.62. The molecule has 2 heterocycles. The number of rotatable bonds is 0. The third-order valence-electron chi connectivity index (χ3n) is 1.62. The third kappa shape index (κ3) is 0.952. The van der Waals surface area contributed by atoms with Gasteiger partial charge in [0.2, 0.25) is 0 Å². The summed E-state index contributed by atoms with van der Waals surface area (Å²) >= 11 is 0. The second-order valence-electron chi connectivity index (χ2n) is 2.41. The van der Waals surface area contributed by atoms with Crippen molar-refractivity contribution >= 4 is 11.0 Å². The fourth-order valence-electron chi connectivity index (χ4n) is 0.995. The molecule has 0 fully saturated rings. The summed E-state index contributed by atoms with van der Waals surface area (Å²) in [7, 11) is 0. The van der Waals surface area contributed by atoms with Crippen LogP contribution in [0.4, 0.5) is 0 Å². The lowest BCUT2D eigenvalue weighted by molar-refractivity contribution is 1.06. The Morgan fingerprint density at radius 1 is 1.33 bits per heavy atom. The number of aryl methyl sites for hydroxylation is 1. The van der Waals surface area contributed by atoms with E-state index in [-0.39, 0.29) is 5.69 Å². The molecule has 0 unspecified atom stereocenters. The molecule has 1 N–H and O–H groups in total. The zero-order valence-electron chi connectivity index (χ0n) is 6.40. The van der Waals surface area contributed by atoms with Gasteiger partial charge in [-0.25, -0.2) is 19.7 Å². The number of aromatic nitrogens is 4. The van der Waals surface area contributed by atoms with Crippen molar-refractivity contribution in [3.63, 3.8) is 0 Å². The van der Waals surface area contributed by atoms with E-state index in [0.29, 0.717) is 5.65 Å². The summed E-state index contributed by atoms with van der Waals surface area (Å²) in [5, 5.41) is 0.775. The number of hydrogen-bond donors (Lipinski definition) is 1. The smallest absolute Gasteiger partial charge is 0.290 e. The van der Waals surface area contributed by atoms with Crippen LogP contribution in [0, 0.1) is 6.92 Å². The first-order valence-corrected chi connectivity index (χ1v) is 3.44. The van der Waals surface area contributed by atoms with Crippen molar-refractivity contribution in [2.75, 3.05) is 0 Å². The minimum atomic E-state index is -0.388. The van der Waals surface area contributed by atoms with Gasteiger partial charge in [-0.2, -0.15) is 0 Å². The highest BCUT2D eigenvalue weighted by molar-refractivity contribution is 5.74. The molecule has 2 aromatic heterocycles. The molecule has 0 amide bonds. The molecule has 60 valence electrons. The minimum absolute atomic E-state index is 0.388. The maximum atomic E-state index is 10.8. The van der Waals surface area contributed by atoms with E-state index in [1.54, 1.807) is 0 Å². The van der Waals surface area contributed by atoms with Crippen molar-refractivity contribution in [3.8, 4) is 0 Å². The van der Waals surface area contributed by atoms with E-state index >= 15 is 0 Å². The summed E-state index contributed by atoms with van der Waals surface area (Å²) in [6, 6.07) is 0. The van der Waals surface area contributed by atoms with Crippen molar-refractivity contribution in [2.45, 2.75) is 6.92 Å². The second-order valence-corrected chi connectivity index (χ2v) is 2.41. The number of H-pyrrole nitrogens is 1. The van der Waals surface area contributed by atoms with Crippen LogP contribution >= 0.6 is 0 Å². The topological polar surface area (TPSA) is 71.5 Å². The summed E-state index contributed by atoms with van der Waals surface area (Å²) in [4.78, 5) is 24.7. The fraction of sp³-hybridized carbons (Fsp3) is 0.143. The van der Waals surface area contributed by atoms with Gasteiger partial charge >= 0.3 is 5.69 Å². The number of nitrogens with one attached hydrogen (secondary N) is 1. The lowest BCUT2D eigenvalue weighted by Gasteiger charge is -1.96. The quantitative estimate of drug-likeness (QED) is 0.592. The van der Waals surface area contributed by atoms with Crippen molar-refractivity contribution in [3.05, 3.63) is 28.7 Å². The molecule has 5 heteroatoms. The standard InChI is InChI=1S/C7H6N4O/c1-4-5-2-8-7(12)11-6(5)10-3-9-4/h2-3H,1H3,(H,8,9,10,11,12). The Kier molecular flexibility index (Phi) is 1.36. The summed E-state index contributed by atoms with van der Waals surface area (Å²) in [5.74, 6) is 0. The van der Waals surface area contributed by atoms with Crippen molar-refractivity contribution in [2.24, 2.45) is 0 Å². The predicted octanol–water partition coefficient (Wildman–Crippen LogP) is 0.0215. The van der Waals surface area contributed by atoms with Crippen LogP contribution in [0.1, 0.15) is 5.69 Å². The van der Waals surface area contributed by atoms with E-state index in [2.05, 4.69) is 19.9 Å². The molecule has 2 aromatic rings. The van der Waals surface area contributed by atoms with Crippen LogP contribution in [0.5, 0.6) is 0 Å². The zero-order chi connectivity index (χ0) is 8.55. The minimum Gasteiger partial charge on any atom is -0.290 e. The van der Waals surface area contributed by atoms with Crippen molar-refractivity contribution < 1.29 is 0 Å². The normalized spacial score (nSPS) is 10.4. The molecule has 0 atom stereocenters. The Morgan fingerprint density at radius 2 is 2.17 bits per heavy atom. The lowest BCUT2D eigenvalue weighted by Crippen LogP contribution is -2.10. The molecule has 0 aliphatic rings. The zero-order valence-corrected chi connectivity index (χ0v) is 6.40. The van der Waals surface area contributed by atoms with Crippen LogP contribution in [-0.2, 0) is 0 Å². The molecule has 0 aliphatic carbocycles. The molecule has 5 nitrogen and oxygen atoms in total. The summed E-state index contributed by atoms with van der Waals surface area (Å²) < 4.78 is 0. The first-order chi connectivity index (χ1) is 5.77. The highest BCUT2D eigenvalue weighted by atomic mass is 16.1. The number of aromatic amines is 1. The fourth-order valence-corrected chi connectivity index (χ4v) is 0.995. The molecule has 0 aromatic carbocycles. The van der Waals surface area contributed by atoms with E-state index in [9.17, 15) is 4.79 Å². The molecule has 0 spiro atoms. The van der Waals surface area contributed by atoms with Crippen LogP contribution < -0.4 is 5.69 Å². The van der Waals surface area contributed by atoms with Crippen LogP contribution in [0.15, 0.2) is 17.3 Å². The van der Waals surface area contributed by atoms with Gasteiger partial charge in [0.05, 0.1) is 11.1 Å². The SMILES string of the molecule is Cc1ncnc2[nH]c(=O)ncc12. The Morgan fingerprint density at radius 3 is 3.00 bits per heavy atom. The summed E-state index contributed by atoms with van der Waals surface area (Å²) in [6.45, 7) is 1.84. The lowest BCUT2D eigenvalue weighted by atomic mass is 10.3. The molecule has 0 aliphatic heterocycles. The Balaban J connectivity index is 2.96. The molecule has 0 saturated heterocycles. The van der Waals surface area contributed by atoms with Gasteiger partial charge in [0.15, 0.2) is 0 Å². The average molecular weight is 162 g/mol. The van der Waals surface area contributed by atoms with Crippen LogP contribution in [0.3, 0.4) is 0 Å². The highest BCUT2D eigenvalue weighted by Crippen LogP contribution is 2.06. The number of fused-ring (bicyclic) bond motifs is 1. The average Bonchev–Trinajstić information content (AvgIpc) is 2.04. The molecule has 2 rings (SSSR count). The first-order valence-electron chi connectivity index (χ1n) is 3.44. The van der Waals surface area contributed by atoms with E-state index < -0.39 is 0 Å². The van der Waals surface area contributed by atoms with Crippen molar-refractivity contribution in [1.29, 1.82) is 0 Å². The van der Waals surface area contributed by atoms with Crippen LogP contribution in [0.25, 0.3) is 11.0 Å². The molecule has 0 radical (unpaired) electrons. The van der Waals surface area contributed by atoms with Gasteiger partial charge in [-0.05, 0) is 6.92 Å². The second kappa shape index (κ2) is 2.37. The Bertz CT molecular complexity index is 476. The number of hydrogen-bond acceptors (Lipinski definition) is 4. The van der Waals surface area contributed by atoms with Gasteiger partial charge in [0, 0.05) is 6.20 Å². The first kappa shape index (κ1) is 6.90. The van der Waals surface area contributed by atoms with E-state index in [1.165, 1.54) is 12.5 Å². The van der Waals surface area contributed by atoms with Crippen molar-refractivity contribution in [1.82, 2.24) is 19.9 Å². The van der Waals surface area contributed by atoms with Gasteiger partial charge in [-0.3, -0.25) is 4.98 Å². The van der Waals surface area contributed by atoms with Crippen LogP contribution in [-0.4, -0.2) is 19.9 Å². The van der Waals surface area contributed by atoms with Gasteiger partial charge in [0.25, 0.3) is 0 Å². The summed E-state index contributed by atoms with van der Waals surface area (Å²) in [5.41, 5.74) is 0.951. The monoisotopic (exact) mass is 162 g/mol. The number of nitrogens with zero attached hydrogens (tertiary/aromatic N) is 3. The molecule has 0 bridgehead atoms. The molecule has 0 saturated carbocycles. The highest BCUT2D eigenvalue weighted by Gasteiger charge is 1.98. The van der Waals surface area contributed by atoms with Crippen LogP contribution in [0.2, 0.25) is 0 Å². The maximum absolute atomic E-state index is 10.8. The van der Waals surface area contributed by atoms with E-state index in [1.807, 2.05) is 6.92 Å². The van der Waals surface area contributed by atoms with E-state index in [4.69, 9.17) is 0 Å². The largest absolute Gasteiger partial charge is 0.346 e. The Hall–Kier alpha value is -1.78. The molecular weight excluding hydrogens is 156 g/mol. The van der Waals surface area contributed by atoms with Gasteiger partial charge in [-0.1, -0.05) is 0 Å². The summed E-state index contributed by atoms with van der Waals surface area (Å²) in [6.07, 6.45) is 2.89. The van der Waals surface area contributed by atoms with Gasteiger partial charge in [-0.15, -0.1) is 0 Å². The maximum Gasteiger partial charge on any atom is 0.346 e. The van der Waals surface area contributed by atoms with Gasteiger partial charge < -0.3 is 0 Å². The predicted molar refractivity (Wildman–Crippen MR) is 42.7 cm³/mol. The molecule has 12 heavy (non-hydrogen) atoms. The van der Waals surface area contributed by atoms with Gasteiger partial charge in [0.1, 0.15) is 12.0 Å². The Labute approximate surface area is 67.5 Å².